The minimum atomic E-state index is -3.97. The number of sulfone groups is 1. The standard InChI is InChI=1S/C18H19N3O7S/c19-10(5-8-6-20-11-4-2-1-3-9(8)11)15(22)21-18(17(25)26)7-29(27,28)14-12(13(14)18)16(23)24/h1-4,6,10,12-14,20H,5,7,19H2,(H,21,22)(H,23,24)(H,25,26)/t10-,12+,13+,14-,18-/m0/s1. The van der Waals surface area contributed by atoms with Crippen molar-refractivity contribution in [1.29, 1.82) is 0 Å². The van der Waals surface area contributed by atoms with Gasteiger partial charge in [-0.05, 0) is 18.1 Å². The Morgan fingerprint density at radius 3 is 2.59 bits per heavy atom. The van der Waals surface area contributed by atoms with Crippen molar-refractivity contribution in [2.24, 2.45) is 17.6 Å². The van der Waals surface area contributed by atoms with Crippen LogP contribution in [0.5, 0.6) is 0 Å². The average Bonchev–Trinajstić information content (AvgIpc) is 3.24. The molecule has 0 unspecified atom stereocenters. The lowest BCUT2D eigenvalue weighted by Gasteiger charge is -2.28. The molecular weight excluding hydrogens is 402 g/mol. The molecule has 29 heavy (non-hydrogen) atoms. The molecule has 10 nitrogen and oxygen atoms in total. The fraction of sp³-hybridized carbons (Fsp3) is 0.389. The number of fused-ring (bicyclic) bond motifs is 2. The zero-order valence-corrected chi connectivity index (χ0v) is 15.8. The smallest absolute Gasteiger partial charge is 0.330 e. The van der Waals surface area contributed by atoms with E-state index in [2.05, 4.69) is 10.3 Å². The molecule has 154 valence electrons. The number of para-hydroxylation sites is 1. The number of H-pyrrole nitrogens is 1. The van der Waals surface area contributed by atoms with Gasteiger partial charge in [0.25, 0.3) is 0 Å². The molecule has 5 atom stereocenters. The maximum absolute atomic E-state index is 12.7. The molecule has 1 aliphatic heterocycles. The Balaban J connectivity index is 1.57. The van der Waals surface area contributed by atoms with E-state index in [1.807, 2.05) is 24.3 Å². The van der Waals surface area contributed by atoms with Crippen LogP contribution >= 0.6 is 0 Å². The van der Waals surface area contributed by atoms with Gasteiger partial charge in [0.05, 0.1) is 23.0 Å². The number of carboxylic acid groups (broad SMARTS) is 2. The van der Waals surface area contributed by atoms with Crippen molar-refractivity contribution < 1.29 is 33.0 Å². The number of carbonyl (C=O) groups is 3. The highest BCUT2D eigenvalue weighted by atomic mass is 32.2. The van der Waals surface area contributed by atoms with Crippen LogP contribution in [0.3, 0.4) is 0 Å². The van der Waals surface area contributed by atoms with Crippen LogP contribution in [0.25, 0.3) is 10.9 Å². The van der Waals surface area contributed by atoms with Gasteiger partial charge in [-0.2, -0.15) is 0 Å². The molecule has 11 heteroatoms. The Morgan fingerprint density at radius 1 is 1.28 bits per heavy atom. The maximum atomic E-state index is 12.7. The molecule has 1 aromatic carbocycles. The van der Waals surface area contributed by atoms with Crippen LogP contribution in [0.4, 0.5) is 0 Å². The van der Waals surface area contributed by atoms with Crippen LogP contribution in [0, 0.1) is 11.8 Å². The van der Waals surface area contributed by atoms with Crippen LogP contribution < -0.4 is 11.1 Å². The zero-order chi connectivity index (χ0) is 21.1. The van der Waals surface area contributed by atoms with E-state index < -0.39 is 62.1 Å². The number of hydrogen-bond donors (Lipinski definition) is 5. The second-order valence-corrected chi connectivity index (χ2v) is 9.76. The highest BCUT2D eigenvalue weighted by molar-refractivity contribution is 7.92. The third-order valence-corrected chi connectivity index (χ3v) is 8.10. The van der Waals surface area contributed by atoms with E-state index in [9.17, 15) is 33.0 Å². The van der Waals surface area contributed by atoms with Gasteiger partial charge in [0.1, 0.15) is 0 Å². The third-order valence-electron chi connectivity index (χ3n) is 5.83. The lowest BCUT2D eigenvalue weighted by atomic mass is 9.93. The Labute approximate surface area is 165 Å². The highest BCUT2D eigenvalue weighted by Crippen LogP contribution is 2.57. The van der Waals surface area contributed by atoms with Crippen LogP contribution in [-0.2, 0) is 30.6 Å². The third kappa shape index (κ3) is 2.88. The number of amides is 1. The van der Waals surface area contributed by atoms with E-state index in [1.54, 1.807) is 6.20 Å². The monoisotopic (exact) mass is 421 g/mol. The van der Waals surface area contributed by atoms with Gasteiger partial charge in [-0.25, -0.2) is 13.2 Å². The van der Waals surface area contributed by atoms with Crippen LogP contribution in [0.2, 0.25) is 0 Å². The quantitative estimate of drug-likeness (QED) is 0.398. The van der Waals surface area contributed by atoms with Crippen LogP contribution in [0.1, 0.15) is 5.56 Å². The molecule has 1 aromatic heterocycles. The van der Waals surface area contributed by atoms with Gasteiger partial charge < -0.3 is 26.2 Å². The number of aromatic nitrogens is 1. The minimum Gasteiger partial charge on any atom is -0.481 e. The van der Waals surface area contributed by atoms with E-state index in [-0.39, 0.29) is 6.42 Å². The highest BCUT2D eigenvalue weighted by Gasteiger charge is 2.79. The molecule has 2 fully saturated rings. The van der Waals surface area contributed by atoms with E-state index >= 15 is 0 Å². The molecule has 0 bridgehead atoms. The first-order chi connectivity index (χ1) is 13.6. The number of nitrogens with two attached hydrogens (primary N) is 1. The first-order valence-corrected chi connectivity index (χ1v) is 10.6. The Bertz CT molecular complexity index is 1140. The number of rotatable bonds is 6. The SMILES string of the molecule is N[C@@H](Cc1c[nH]c2ccccc12)C(=O)N[C@@]1(C(=O)O)CS(=O)(=O)[C@H]2[C@H](C(=O)O)[C@H]21. The van der Waals surface area contributed by atoms with Gasteiger partial charge >= 0.3 is 11.9 Å². The minimum absolute atomic E-state index is 0.0920. The predicted molar refractivity (Wildman–Crippen MR) is 101 cm³/mol. The molecule has 1 saturated heterocycles. The van der Waals surface area contributed by atoms with Crippen LogP contribution in [0.15, 0.2) is 30.5 Å². The van der Waals surface area contributed by atoms with Gasteiger partial charge in [-0.3, -0.25) is 9.59 Å². The normalized spacial score (nSPS) is 30.4. The van der Waals surface area contributed by atoms with E-state index in [4.69, 9.17) is 5.73 Å². The van der Waals surface area contributed by atoms with Gasteiger partial charge in [0.15, 0.2) is 15.4 Å². The lowest BCUT2D eigenvalue weighted by Crippen LogP contribution is -2.62. The summed E-state index contributed by atoms with van der Waals surface area (Å²) < 4.78 is 24.6. The number of aromatic amines is 1. The van der Waals surface area contributed by atoms with Crippen molar-refractivity contribution in [3.05, 3.63) is 36.0 Å². The second kappa shape index (κ2) is 6.29. The molecule has 1 aliphatic carbocycles. The zero-order valence-electron chi connectivity index (χ0n) is 15.0. The predicted octanol–water partition coefficient (Wildman–Crippen LogP) is -0.895. The molecule has 4 rings (SSSR count). The molecule has 6 N–H and O–H groups in total. The molecule has 2 aromatic rings. The average molecular weight is 421 g/mol. The van der Waals surface area contributed by atoms with E-state index in [0.29, 0.717) is 0 Å². The number of carbonyl (C=O) groups excluding carboxylic acids is 1. The summed E-state index contributed by atoms with van der Waals surface area (Å²) in [6.07, 6.45) is 1.79. The summed E-state index contributed by atoms with van der Waals surface area (Å²) in [4.78, 5) is 39.0. The van der Waals surface area contributed by atoms with Crippen molar-refractivity contribution in [3.63, 3.8) is 0 Å². The number of benzene rings is 1. The first-order valence-electron chi connectivity index (χ1n) is 8.89. The van der Waals surface area contributed by atoms with Crippen molar-refractivity contribution in [1.82, 2.24) is 10.3 Å². The van der Waals surface area contributed by atoms with Crippen molar-refractivity contribution in [2.75, 3.05) is 5.75 Å². The molecule has 0 radical (unpaired) electrons. The maximum Gasteiger partial charge on any atom is 0.330 e. The summed E-state index contributed by atoms with van der Waals surface area (Å²) >= 11 is 0. The lowest BCUT2D eigenvalue weighted by molar-refractivity contribution is -0.148. The van der Waals surface area contributed by atoms with Crippen LogP contribution in [-0.4, -0.2) is 64.0 Å². The molecule has 1 saturated carbocycles. The topological polar surface area (TPSA) is 180 Å². The number of nitrogens with one attached hydrogen (secondary N) is 2. The van der Waals surface area contributed by atoms with Gasteiger partial charge in [-0.1, -0.05) is 18.2 Å². The number of hydrogen-bond acceptors (Lipinski definition) is 6. The second-order valence-electron chi connectivity index (χ2n) is 7.60. The van der Waals surface area contributed by atoms with Gasteiger partial charge in [0.2, 0.25) is 5.91 Å². The Hall–Kier alpha value is -2.92. The molecule has 2 aliphatic rings. The summed E-state index contributed by atoms with van der Waals surface area (Å²) in [5, 5.41) is 20.8. The van der Waals surface area contributed by atoms with Crippen molar-refractivity contribution in [2.45, 2.75) is 23.3 Å². The van der Waals surface area contributed by atoms with Gasteiger partial charge in [0, 0.05) is 23.0 Å². The fourth-order valence-corrected chi connectivity index (χ4v) is 7.15. The van der Waals surface area contributed by atoms with Crippen molar-refractivity contribution >= 4 is 38.6 Å². The van der Waals surface area contributed by atoms with Gasteiger partial charge in [-0.15, -0.1) is 0 Å². The molecule has 2 heterocycles. The number of aliphatic carboxylic acids is 2. The molecule has 0 spiro atoms. The first kappa shape index (κ1) is 19.4. The molecular formula is C18H19N3O7S. The summed E-state index contributed by atoms with van der Waals surface area (Å²) in [6, 6.07) is 6.23. The number of carboxylic acids is 2. The van der Waals surface area contributed by atoms with E-state index in [1.165, 1.54) is 0 Å². The fourth-order valence-electron chi connectivity index (χ4n) is 4.44. The summed E-state index contributed by atoms with van der Waals surface area (Å²) in [7, 11) is -3.97. The van der Waals surface area contributed by atoms with Crippen molar-refractivity contribution in [3.8, 4) is 0 Å². The largest absolute Gasteiger partial charge is 0.481 e. The summed E-state index contributed by atoms with van der Waals surface area (Å²) in [6.45, 7) is 0. The Morgan fingerprint density at radius 2 is 1.97 bits per heavy atom. The summed E-state index contributed by atoms with van der Waals surface area (Å²) in [5.41, 5.74) is 5.38. The summed E-state index contributed by atoms with van der Waals surface area (Å²) in [5.74, 6) is -7.23. The Kier molecular flexibility index (Phi) is 4.21. The molecule has 1 amide bonds. The van der Waals surface area contributed by atoms with E-state index in [0.717, 1.165) is 16.5 Å².